The maximum atomic E-state index is 13.1. The lowest BCUT2D eigenvalue weighted by Gasteiger charge is -2.21. The van der Waals surface area contributed by atoms with E-state index in [1.165, 1.54) is 36.1 Å². The molecule has 0 heterocycles. The van der Waals surface area contributed by atoms with Crippen LogP contribution < -0.4 is 10.2 Å². The lowest BCUT2D eigenvalue weighted by Crippen LogP contribution is -2.36. The highest BCUT2D eigenvalue weighted by molar-refractivity contribution is 6.42. The van der Waals surface area contributed by atoms with Gasteiger partial charge in [0.15, 0.2) is 0 Å². The molecule has 2 aromatic rings. The fourth-order valence-corrected chi connectivity index (χ4v) is 2.24. The van der Waals surface area contributed by atoms with Crippen LogP contribution in [0, 0.1) is 5.82 Å². The molecule has 0 aliphatic heterocycles. The third-order valence-corrected chi connectivity index (χ3v) is 3.74. The summed E-state index contributed by atoms with van der Waals surface area (Å²) in [6.45, 7) is 1.10. The first-order valence-corrected chi connectivity index (χ1v) is 7.41. The molecule has 2 aromatic carbocycles. The molecule has 0 atom stereocenters. The standard InChI is InChI=1S/C16H13Cl2FN2O2/c1-10(22)21(13-5-6-14(17)15(18)8-13)9-16(23)20-12-4-2-3-11(19)7-12/h2-8H,9H2,1H3,(H,20,23). The van der Waals surface area contributed by atoms with Crippen LogP contribution in [0.2, 0.25) is 10.0 Å². The van der Waals surface area contributed by atoms with Gasteiger partial charge in [0.1, 0.15) is 12.4 Å². The van der Waals surface area contributed by atoms with E-state index in [0.717, 1.165) is 0 Å². The van der Waals surface area contributed by atoms with E-state index in [1.54, 1.807) is 18.2 Å². The van der Waals surface area contributed by atoms with Crippen molar-refractivity contribution in [3.05, 3.63) is 58.3 Å². The van der Waals surface area contributed by atoms with Crippen LogP contribution in [0.5, 0.6) is 0 Å². The Morgan fingerprint density at radius 2 is 1.87 bits per heavy atom. The van der Waals surface area contributed by atoms with Gasteiger partial charge >= 0.3 is 0 Å². The summed E-state index contributed by atoms with van der Waals surface area (Å²) in [6, 6.07) is 10.1. The highest BCUT2D eigenvalue weighted by atomic mass is 35.5. The second-order valence-electron chi connectivity index (χ2n) is 4.76. The molecular weight excluding hydrogens is 342 g/mol. The van der Waals surface area contributed by atoms with E-state index in [0.29, 0.717) is 16.4 Å². The number of carbonyl (C=O) groups is 2. The first kappa shape index (κ1) is 17.2. The van der Waals surface area contributed by atoms with Gasteiger partial charge in [-0.05, 0) is 36.4 Å². The summed E-state index contributed by atoms with van der Waals surface area (Å²) in [5.41, 5.74) is 0.758. The molecule has 120 valence electrons. The van der Waals surface area contributed by atoms with Crippen molar-refractivity contribution in [1.82, 2.24) is 0 Å². The van der Waals surface area contributed by atoms with Crippen LogP contribution in [0.1, 0.15) is 6.92 Å². The highest BCUT2D eigenvalue weighted by Gasteiger charge is 2.17. The lowest BCUT2D eigenvalue weighted by molar-refractivity contribution is -0.120. The number of carbonyl (C=O) groups excluding carboxylic acids is 2. The Morgan fingerprint density at radius 1 is 1.13 bits per heavy atom. The van der Waals surface area contributed by atoms with E-state index in [2.05, 4.69) is 5.32 Å². The number of nitrogens with one attached hydrogen (secondary N) is 1. The molecule has 7 heteroatoms. The topological polar surface area (TPSA) is 49.4 Å². The third-order valence-electron chi connectivity index (χ3n) is 3.01. The van der Waals surface area contributed by atoms with E-state index in [-0.39, 0.29) is 17.5 Å². The van der Waals surface area contributed by atoms with E-state index in [9.17, 15) is 14.0 Å². The van der Waals surface area contributed by atoms with Crippen LogP contribution in [0.15, 0.2) is 42.5 Å². The SMILES string of the molecule is CC(=O)N(CC(=O)Nc1cccc(F)c1)c1ccc(Cl)c(Cl)c1. The molecule has 2 amide bonds. The van der Waals surface area contributed by atoms with Crippen LogP contribution >= 0.6 is 23.2 Å². The first-order chi connectivity index (χ1) is 10.9. The molecule has 0 saturated heterocycles. The number of benzene rings is 2. The predicted octanol–water partition coefficient (Wildman–Crippen LogP) is 4.12. The quantitative estimate of drug-likeness (QED) is 0.897. The average Bonchev–Trinajstić information content (AvgIpc) is 2.47. The molecule has 0 aromatic heterocycles. The van der Waals surface area contributed by atoms with Gasteiger partial charge in [-0.1, -0.05) is 29.3 Å². The van der Waals surface area contributed by atoms with E-state index in [1.807, 2.05) is 0 Å². The van der Waals surface area contributed by atoms with Gasteiger partial charge in [-0.3, -0.25) is 9.59 Å². The Bertz CT molecular complexity index is 753. The molecule has 0 radical (unpaired) electrons. The fourth-order valence-electron chi connectivity index (χ4n) is 1.95. The summed E-state index contributed by atoms with van der Waals surface area (Å²) < 4.78 is 13.1. The molecule has 0 spiro atoms. The van der Waals surface area contributed by atoms with Gasteiger partial charge in [-0.15, -0.1) is 0 Å². The first-order valence-electron chi connectivity index (χ1n) is 6.65. The van der Waals surface area contributed by atoms with E-state index < -0.39 is 11.7 Å². The van der Waals surface area contributed by atoms with Gasteiger partial charge in [0, 0.05) is 18.3 Å². The minimum absolute atomic E-state index is 0.232. The summed E-state index contributed by atoms with van der Waals surface area (Å²) in [7, 11) is 0. The van der Waals surface area contributed by atoms with Crippen molar-refractivity contribution in [2.75, 3.05) is 16.8 Å². The molecule has 4 nitrogen and oxygen atoms in total. The van der Waals surface area contributed by atoms with Gasteiger partial charge in [0.25, 0.3) is 0 Å². The minimum atomic E-state index is -0.462. The van der Waals surface area contributed by atoms with Crippen LogP contribution in [-0.4, -0.2) is 18.4 Å². The summed E-state index contributed by atoms with van der Waals surface area (Å²) >= 11 is 11.8. The van der Waals surface area contributed by atoms with Crippen molar-refractivity contribution >= 4 is 46.4 Å². The van der Waals surface area contributed by atoms with E-state index in [4.69, 9.17) is 23.2 Å². The molecule has 2 rings (SSSR count). The number of hydrogen-bond acceptors (Lipinski definition) is 2. The average molecular weight is 355 g/mol. The number of anilines is 2. The van der Waals surface area contributed by atoms with Crippen LogP contribution in [0.25, 0.3) is 0 Å². The molecule has 0 fully saturated rings. The largest absolute Gasteiger partial charge is 0.324 e. The Hall–Kier alpha value is -2.11. The second-order valence-corrected chi connectivity index (χ2v) is 5.58. The number of halogens is 3. The number of amides is 2. The molecule has 0 aliphatic rings. The summed E-state index contributed by atoms with van der Waals surface area (Å²) in [4.78, 5) is 25.1. The normalized spacial score (nSPS) is 10.3. The Labute approximate surface area is 142 Å². The zero-order valence-electron chi connectivity index (χ0n) is 12.1. The van der Waals surface area contributed by atoms with Crippen molar-refractivity contribution in [3.63, 3.8) is 0 Å². The minimum Gasteiger partial charge on any atom is -0.324 e. The summed E-state index contributed by atoms with van der Waals surface area (Å²) in [5.74, 6) is -1.26. The summed E-state index contributed by atoms with van der Waals surface area (Å²) in [6.07, 6.45) is 0. The Balaban J connectivity index is 2.14. The molecule has 0 saturated carbocycles. The Kier molecular flexibility index (Phi) is 5.58. The number of hydrogen-bond donors (Lipinski definition) is 1. The Morgan fingerprint density at radius 3 is 2.48 bits per heavy atom. The van der Waals surface area contributed by atoms with Gasteiger partial charge < -0.3 is 10.2 Å². The third kappa shape index (κ3) is 4.68. The van der Waals surface area contributed by atoms with Gasteiger partial charge in [-0.25, -0.2) is 4.39 Å². The molecule has 0 aliphatic carbocycles. The van der Waals surface area contributed by atoms with Crippen molar-refractivity contribution in [2.24, 2.45) is 0 Å². The molecule has 0 unspecified atom stereocenters. The van der Waals surface area contributed by atoms with Crippen molar-refractivity contribution in [2.45, 2.75) is 6.92 Å². The number of rotatable bonds is 4. The zero-order valence-corrected chi connectivity index (χ0v) is 13.7. The molecule has 23 heavy (non-hydrogen) atoms. The molecule has 0 bridgehead atoms. The lowest BCUT2D eigenvalue weighted by atomic mass is 10.2. The maximum Gasteiger partial charge on any atom is 0.244 e. The smallest absolute Gasteiger partial charge is 0.244 e. The monoisotopic (exact) mass is 354 g/mol. The van der Waals surface area contributed by atoms with Gasteiger partial charge in [-0.2, -0.15) is 0 Å². The van der Waals surface area contributed by atoms with Crippen molar-refractivity contribution in [1.29, 1.82) is 0 Å². The molecular formula is C16H13Cl2FN2O2. The van der Waals surface area contributed by atoms with Crippen LogP contribution in [-0.2, 0) is 9.59 Å². The summed E-state index contributed by atoms with van der Waals surface area (Å²) in [5, 5.41) is 3.16. The molecule has 1 N–H and O–H groups in total. The van der Waals surface area contributed by atoms with Crippen LogP contribution in [0.3, 0.4) is 0 Å². The van der Waals surface area contributed by atoms with E-state index >= 15 is 0 Å². The fraction of sp³-hybridized carbons (Fsp3) is 0.125. The van der Waals surface area contributed by atoms with Crippen molar-refractivity contribution < 1.29 is 14.0 Å². The zero-order chi connectivity index (χ0) is 17.0. The highest BCUT2D eigenvalue weighted by Crippen LogP contribution is 2.27. The van der Waals surface area contributed by atoms with Crippen LogP contribution in [0.4, 0.5) is 15.8 Å². The maximum absolute atomic E-state index is 13.1. The number of nitrogens with zero attached hydrogens (tertiary/aromatic N) is 1. The van der Waals surface area contributed by atoms with Gasteiger partial charge in [0.2, 0.25) is 11.8 Å². The van der Waals surface area contributed by atoms with Crippen molar-refractivity contribution in [3.8, 4) is 0 Å². The second kappa shape index (κ2) is 7.44. The van der Waals surface area contributed by atoms with Gasteiger partial charge in [0.05, 0.1) is 10.0 Å². The predicted molar refractivity (Wildman–Crippen MR) is 89.5 cm³/mol.